The van der Waals surface area contributed by atoms with Crippen LogP contribution in [0.4, 0.5) is 5.69 Å². The SMILES string of the molecule is CC(O)Cc1ccccc1[N+](=O)[O-]. The summed E-state index contributed by atoms with van der Waals surface area (Å²) < 4.78 is 0. The second-order valence-corrected chi connectivity index (χ2v) is 2.94. The zero-order valence-corrected chi connectivity index (χ0v) is 7.30. The normalized spacial score (nSPS) is 12.5. The van der Waals surface area contributed by atoms with Gasteiger partial charge in [0, 0.05) is 18.1 Å². The highest BCUT2D eigenvalue weighted by atomic mass is 16.6. The molecular weight excluding hydrogens is 170 g/mol. The lowest BCUT2D eigenvalue weighted by molar-refractivity contribution is -0.385. The summed E-state index contributed by atoms with van der Waals surface area (Å²) in [5, 5.41) is 19.6. The monoisotopic (exact) mass is 181 g/mol. The molecule has 0 saturated heterocycles. The summed E-state index contributed by atoms with van der Waals surface area (Å²) in [5.74, 6) is 0. The molecule has 0 radical (unpaired) electrons. The molecule has 0 aliphatic carbocycles. The van der Waals surface area contributed by atoms with Crippen LogP contribution in [-0.2, 0) is 6.42 Å². The Bertz CT molecular complexity index is 309. The Morgan fingerprint density at radius 2 is 2.15 bits per heavy atom. The fourth-order valence-corrected chi connectivity index (χ4v) is 1.18. The minimum atomic E-state index is -0.555. The van der Waals surface area contributed by atoms with Crippen LogP contribution >= 0.6 is 0 Å². The first-order valence-electron chi connectivity index (χ1n) is 4.01. The minimum absolute atomic E-state index is 0.0726. The predicted molar refractivity (Wildman–Crippen MR) is 48.5 cm³/mol. The molecule has 0 bridgehead atoms. The number of nitro groups is 1. The molecule has 1 aromatic carbocycles. The lowest BCUT2D eigenvalue weighted by Crippen LogP contribution is -2.06. The minimum Gasteiger partial charge on any atom is -0.393 e. The molecule has 1 atom stereocenters. The molecule has 13 heavy (non-hydrogen) atoms. The molecule has 0 aliphatic heterocycles. The van der Waals surface area contributed by atoms with Crippen molar-refractivity contribution < 1.29 is 10.0 Å². The van der Waals surface area contributed by atoms with Gasteiger partial charge in [0.25, 0.3) is 5.69 Å². The third kappa shape index (κ3) is 2.52. The maximum Gasteiger partial charge on any atom is 0.272 e. The van der Waals surface area contributed by atoms with Crippen LogP contribution in [0.15, 0.2) is 24.3 Å². The first-order chi connectivity index (χ1) is 6.11. The summed E-state index contributed by atoms with van der Waals surface area (Å²) >= 11 is 0. The third-order valence-electron chi connectivity index (χ3n) is 1.70. The van der Waals surface area contributed by atoms with Gasteiger partial charge in [0.15, 0.2) is 0 Å². The van der Waals surface area contributed by atoms with E-state index < -0.39 is 11.0 Å². The van der Waals surface area contributed by atoms with Crippen molar-refractivity contribution in [1.29, 1.82) is 0 Å². The zero-order valence-electron chi connectivity index (χ0n) is 7.30. The number of para-hydroxylation sites is 1. The van der Waals surface area contributed by atoms with Crippen molar-refractivity contribution in [2.24, 2.45) is 0 Å². The number of aliphatic hydroxyl groups is 1. The number of nitrogens with zero attached hydrogens (tertiary/aromatic N) is 1. The van der Waals surface area contributed by atoms with Crippen molar-refractivity contribution in [3.05, 3.63) is 39.9 Å². The maximum atomic E-state index is 10.5. The number of hydrogen-bond donors (Lipinski definition) is 1. The number of rotatable bonds is 3. The van der Waals surface area contributed by atoms with E-state index in [0.717, 1.165) is 0 Å². The molecule has 1 aromatic rings. The molecular formula is C9H11NO3. The van der Waals surface area contributed by atoms with E-state index in [-0.39, 0.29) is 5.69 Å². The summed E-state index contributed by atoms with van der Waals surface area (Å²) in [6, 6.07) is 6.44. The molecule has 4 heteroatoms. The standard InChI is InChI=1S/C9H11NO3/c1-7(11)6-8-4-2-3-5-9(8)10(12)13/h2-5,7,11H,6H2,1H3. The molecule has 4 nitrogen and oxygen atoms in total. The maximum absolute atomic E-state index is 10.5. The lowest BCUT2D eigenvalue weighted by atomic mass is 10.1. The molecule has 0 heterocycles. The number of benzene rings is 1. The first-order valence-corrected chi connectivity index (χ1v) is 4.01. The van der Waals surface area contributed by atoms with Gasteiger partial charge in [-0.3, -0.25) is 10.1 Å². The zero-order chi connectivity index (χ0) is 9.84. The Balaban J connectivity index is 2.98. The van der Waals surface area contributed by atoms with Crippen LogP contribution in [0.5, 0.6) is 0 Å². The van der Waals surface area contributed by atoms with Crippen molar-refractivity contribution in [3.8, 4) is 0 Å². The topological polar surface area (TPSA) is 63.4 Å². The van der Waals surface area contributed by atoms with Gasteiger partial charge in [0.05, 0.1) is 11.0 Å². The summed E-state index contributed by atoms with van der Waals surface area (Å²) in [6.45, 7) is 1.61. The Morgan fingerprint density at radius 1 is 1.54 bits per heavy atom. The molecule has 0 aliphatic rings. The van der Waals surface area contributed by atoms with Crippen LogP contribution in [0.25, 0.3) is 0 Å². The summed E-state index contributed by atoms with van der Waals surface area (Å²) in [4.78, 5) is 10.1. The number of hydrogen-bond acceptors (Lipinski definition) is 3. The molecule has 0 amide bonds. The molecule has 70 valence electrons. The quantitative estimate of drug-likeness (QED) is 0.568. The van der Waals surface area contributed by atoms with Gasteiger partial charge in [-0.05, 0) is 6.92 Å². The predicted octanol–water partition coefficient (Wildman–Crippen LogP) is 1.52. The molecule has 0 saturated carbocycles. The average molecular weight is 181 g/mol. The van der Waals surface area contributed by atoms with Crippen LogP contribution in [-0.4, -0.2) is 16.1 Å². The van der Waals surface area contributed by atoms with Crippen molar-refractivity contribution in [3.63, 3.8) is 0 Å². The largest absolute Gasteiger partial charge is 0.393 e. The van der Waals surface area contributed by atoms with Crippen molar-refractivity contribution in [1.82, 2.24) is 0 Å². The van der Waals surface area contributed by atoms with Crippen LogP contribution in [0.3, 0.4) is 0 Å². The van der Waals surface area contributed by atoms with Gasteiger partial charge < -0.3 is 5.11 Å². The second kappa shape index (κ2) is 4.00. The van der Waals surface area contributed by atoms with E-state index in [0.29, 0.717) is 12.0 Å². The van der Waals surface area contributed by atoms with Gasteiger partial charge >= 0.3 is 0 Å². The Morgan fingerprint density at radius 3 is 2.69 bits per heavy atom. The number of nitro benzene ring substituents is 1. The second-order valence-electron chi connectivity index (χ2n) is 2.94. The molecule has 0 aromatic heterocycles. The first kappa shape index (κ1) is 9.67. The number of aliphatic hydroxyl groups excluding tert-OH is 1. The van der Waals surface area contributed by atoms with Crippen LogP contribution in [0, 0.1) is 10.1 Å². The van der Waals surface area contributed by atoms with Crippen molar-refractivity contribution in [2.45, 2.75) is 19.4 Å². The Kier molecular flexibility index (Phi) is 2.97. The van der Waals surface area contributed by atoms with Crippen LogP contribution in [0.2, 0.25) is 0 Å². The highest BCUT2D eigenvalue weighted by molar-refractivity contribution is 5.40. The third-order valence-corrected chi connectivity index (χ3v) is 1.70. The smallest absolute Gasteiger partial charge is 0.272 e. The molecule has 1 rings (SSSR count). The van der Waals surface area contributed by atoms with E-state index in [2.05, 4.69) is 0 Å². The Hall–Kier alpha value is -1.42. The van der Waals surface area contributed by atoms with Crippen molar-refractivity contribution >= 4 is 5.69 Å². The van der Waals surface area contributed by atoms with Crippen LogP contribution in [0.1, 0.15) is 12.5 Å². The lowest BCUT2D eigenvalue weighted by Gasteiger charge is -2.04. The molecule has 1 N–H and O–H groups in total. The Labute approximate surface area is 76.0 Å². The van der Waals surface area contributed by atoms with Gasteiger partial charge in [-0.15, -0.1) is 0 Å². The van der Waals surface area contributed by atoms with Crippen molar-refractivity contribution in [2.75, 3.05) is 0 Å². The van der Waals surface area contributed by atoms with Crippen LogP contribution < -0.4 is 0 Å². The van der Waals surface area contributed by atoms with E-state index in [1.165, 1.54) is 6.07 Å². The summed E-state index contributed by atoms with van der Waals surface area (Å²) in [5.41, 5.74) is 0.644. The highest BCUT2D eigenvalue weighted by Crippen LogP contribution is 2.18. The average Bonchev–Trinajstić information content (AvgIpc) is 2.03. The van der Waals surface area contributed by atoms with Gasteiger partial charge in [0.2, 0.25) is 0 Å². The van der Waals surface area contributed by atoms with E-state index in [9.17, 15) is 10.1 Å². The molecule has 0 spiro atoms. The highest BCUT2D eigenvalue weighted by Gasteiger charge is 2.13. The van der Waals surface area contributed by atoms with E-state index in [1.807, 2.05) is 0 Å². The van der Waals surface area contributed by atoms with Gasteiger partial charge in [-0.1, -0.05) is 18.2 Å². The van der Waals surface area contributed by atoms with E-state index in [1.54, 1.807) is 25.1 Å². The molecule has 1 unspecified atom stereocenters. The summed E-state index contributed by atoms with van der Waals surface area (Å²) in [6.07, 6.45) is -0.238. The van der Waals surface area contributed by atoms with Gasteiger partial charge in [-0.25, -0.2) is 0 Å². The van der Waals surface area contributed by atoms with E-state index in [4.69, 9.17) is 5.11 Å². The molecule has 0 fully saturated rings. The fourth-order valence-electron chi connectivity index (χ4n) is 1.18. The fraction of sp³-hybridized carbons (Fsp3) is 0.333. The van der Waals surface area contributed by atoms with Gasteiger partial charge in [0.1, 0.15) is 0 Å². The van der Waals surface area contributed by atoms with E-state index >= 15 is 0 Å². The summed E-state index contributed by atoms with van der Waals surface area (Å²) in [7, 11) is 0. The van der Waals surface area contributed by atoms with Gasteiger partial charge in [-0.2, -0.15) is 0 Å².